The average Bonchev–Trinajstić information content (AvgIpc) is 2.49. The molecule has 1 saturated carbocycles. The van der Waals surface area contributed by atoms with Crippen LogP contribution in [0.4, 0.5) is 5.82 Å². The van der Waals surface area contributed by atoms with Gasteiger partial charge in [-0.3, -0.25) is 4.79 Å². The Labute approximate surface area is 120 Å². The highest BCUT2D eigenvalue weighted by Crippen LogP contribution is 2.26. The van der Waals surface area contributed by atoms with E-state index in [0.29, 0.717) is 17.4 Å². The lowest BCUT2D eigenvalue weighted by atomic mass is 9.83. The number of rotatable bonds is 5. The second kappa shape index (κ2) is 7.22. The van der Waals surface area contributed by atoms with Gasteiger partial charge in [0.2, 0.25) is 0 Å². The molecule has 2 rings (SSSR count). The zero-order valence-corrected chi connectivity index (χ0v) is 12.4. The zero-order chi connectivity index (χ0) is 14.4. The van der Waals surface area contributed by atoms with Crippen LogP contribution in [0.25, 0.3) is 0 Å². The van der Waals surface area contributed by atoms with Crippen LogP contribution in [0.5, 0.6) is 0 Å². The van der Waals surface area contributed by atoms with E-state index in [9.17, 15) is 4.79 Å². The van der Waals surface area contributed by atoms with E-state index >= 15 is 0 Å². The molecule has 2 N–H and O–H groups in total. The van der Waals surface area contributed by atoms with Gasteiger partial charge in [0.05, 0.1) is 12.4 Å². The number of hydrogen-bond acceptors (Lipinski definition) is 4. The molecule has 110 valence electrons. The van der Waals surface area contributed by atoms with Crippen LogP contribution in [0.1, 0.15) is 56.4 Å². The Morgan fingerprint density at radius 2 is 2.05 bits per heavy atom. The van der Waals surface area contributed by atoms with Gasteiger partial charge in [-0.1, -0.05) is 26.2 Å². The minimum atomic E-state index is -0.106. The minimum Gasteiger partial charge on any atom is -0.369 e. The van der Waals surface area contributed by atoms with Crippen LogP contribution in [-0.4, -0.2) is 28.5 Å². The van der Waals surface area contributed by atoms with E-state index in [0.717, 1.165) is 19.4 Å². The number of nitrogens with one attached hydrogen (secondary N) is 2. The number of anilines is 1. The van der Waals surface area contributed by atoms with Gasteiger partial charge in [0.1, 0.15) is 11.5 Å². The summed E-state index contributed by atoms with van der Waals surface area (Å²) in [4.78, 5) is 20.6. The van der Waals surface area contributed by atoms with Crippen LogP contribution in [0.3, 0.4) is 0 Å². The van der Waals surface area contributed by atoms with Gasteiger partial charge in [-0.2, -0.15) is 0 Å². The van der Waals surface area contributed by atoms with Gasteiger partial charge < -0.3 is 10.6 Å². The number of hydrogen-bond donors (Lipinski definition) is 2. The third kappa shape index (κ3) is 3.68. The van der Waals surface area contributed by atoms with Gasteiger partial charge in [-0.25, -0.2) is 9.97 Å². The van der Waals surface area contributed by atoms with Crippen molar-refractivity contribution in [3.63, 3.8) is 0 Å². The summed E-state index contributed by atoms with van der Waals surface area (Å²) in [6.07, 6.45) is 9.04. The largest absolute Gasteiger partial charge is 0.369 e. The first-order chi connectivity index (χ1) is 9.74. The predicted octanol–water partition coefficient (Wildman–Crippen LogP) is 2.61. The second-order valence-electron chi connectivity index (χ2n) is 5.35. The van der Waals surface area contributed by atoms with E-state index in [4.69, 9.17) is 0 Å². The SMILES string of the molecule is CCNc1cnc(C(=O)NC2CCCCC2CC)cn1. The molecule has 1 heterocycles. The monoisotopic (exact) mass is 276 g/mol. The summed E-state index contributed by atoms with van der Waals surface area (Å²) >= 11 is 0. The maximum absolute atomic E-state index is 12.2. The molecule has 0 saturated heterocycles. The van der Waals surface area contributed by atoms with E-state index in [1.165, 1.54) is 25.5 Å². The van der Waals surface area contributed by atoms with Crippen LogP contribution in [0.2, 0.25) is 0 Å². The fourth-order valence-electron chi connectivity index (χ4n) is 2.85. The molecule has 1 amide bonds. The topological polar surface area (TPSA) is 66.9 Å². The van der Waals surface area contributed by atoms with E-state index in [2.05, 4.69) is 27.5 Å². The highest BCUT2D eigenvalue weighted by atomic mass is 16.1. The van der Waals surface area contributed by atoms with Gasteiger partial charge in [-0.15, -0.1) is 0 Å². The highest BCUT2D eigenvalue weighted by Gasteiger charge is 2.25. The van der Waals surface area contributed by atoms with Crippen molar-refractivity contribution in [3.05, 3.63) is 18.1 Å². The number of amides is 1. The van der Waals surface area contributed by atoms with Crippen molar-refractivity contribution in [2.45, 2.75) is 52.0 Å². The van der Waals surface area contributed by atoms with Crippen molar-refractivity contribution in [3.8, 4) is 0 Å². The molecule has 0 radical (unpaired) electrons. The fraction of sp³-hybridized carbons (Fsp3) is 0.667. The quantitative estimate of drug-likeness (QED) is 0.867. The Kier molecular flexibility index (Phi) is 5.32. The Bertz CT molecular complexity index is 432. The van der Waals surface area contributed by atoms with Crippen molar-refractivity contribution < 1.29 is 4.79 Å². The van der Waals surface area contributed by atoms with Crippen LogP contribution in [0, 0.1) is 5.92 Å². The molecule has 1 aliphatic rings. The van der Waals surface area contributed by atoms with Crippen LogP contribution >= 0.6 is 0 Å². The van der Waals surface area contributed by atoms with Crippen LogP contribution < -0.4 is 10.6 Å². The molecule has 2 unspecified atom stereocenters. The fourth-order valence-corrected chi connectivity index (χ4v) is 2.85. The third-order valence-corrected chi connectivity index (χ3v) is 3.99. The molecule has 20 heavy (non-hydrogen) atoms. The summed E-state index contributed by atoms with van der Waals surface area (Å²) < 4.78 is 0. The van der Waals surface area contributed by atoms with E-state index < -0.39 is 0 Å². The first-order valence-electron chi connectivity index (χ1n) is 7.61. The van der Waals surface area contributed by atoms with Gasteiger partial charge in [0.25, 0.3) is 5.91 Å². The molecule has 5 nitrogen and oxygen atoms in total. The van der Waals surface area contributed by atoms with Crippen molar-refractivity contribution in [2.24, 2.45) is 5.92 Å². The summed E-state index contributed by atoms with van der Waals surface area (Å²) in [5.41, 5.74) is 0.395. The van der Waals surface area contributed by atoms with Crippen LogP contribution in [-0.2, 0) is 0 Å². The molecular weight excluding hydrogens is 252 g/mol. The van der Waals surface area contributed by atoms with Crippen LogP contribution in [0.15, 0.2) is 12.4 Å². The summed E-state index contributed by atoms with van der Waals surface area (Å²) in [5.74, 6) is 1.20. The Morgan fingerprint density at radius 3 is 2.70 bits per heavy atom. The van der Waals surface area contributed by atoms with Gasteiger partial charge in [0.15, 0.2) is 0 Å². The molecule has 5 heteroatoms. The molecule has 1 fully saturated rings. The lowest BCUT2D eigenvalue weighted by molar-refractivity contribution is 0.0899. The first-order valence-corrected chi connectivity index (χ1v) is 7.61. The standard InChI is InChI=1S/C15H24N4O/c1-3-11-7-5-6-8-12(11)19-15(20)13-9-18-14(10-17-13)16-4-2/h9-12H,3-8H2,1-2H3,(H,16,18)(H,19,20). The third-order valence-electron chi connectivity index (χ3n) is 3.99. The van der Waals surface area contributed by atoms with Gasteiger partial charge in [-0.05, 0) is 25.7 Å². The normalized spacial score (nSPS) is 22.3. The second-order valence-corrected chi connectivity index (χ2v) is 5.35. The number of carbonyl (C=O) groups is 1. The van der Waals surface area contributed by atoms with Crippen molar-refractivity contribution >= 4 is 11.7 Å². The van der Waals surface area contributed by atoms with Gasteiger partial charge >= 0.3 is 0 Å². The minimum absolute atomic E-state index is 0.106. The molecule has 0 aliphatic heterocycles. The lowest BCUT2D eigenvalue weighted by Gasteiger charge is -2.31. The smallest absolute Gasteiger partial charge is 0.271 e. The Balaban J connectivity index is 1.96. The maximum atomic E-state index is 12.2. The molecular formula is C15H24N4O. The van der Waals surface area contributed by atoms with Crippen molar-refractivity contribution in [2.75, 3.05) is 11.9 Å². The molecule has 2 atom stereocenters. The summed E-state index contributed by atoms with van der Waals surface area (Å²) in [6, 6.07) is 0.288. The summed E-state index contributed by atoms with van der Waals surface area (Å²) in [6.45, 7) is 4.98. The maximum Gasteiger partial charge on any atom is 0.271 e. The first kappa shape index (κ1) is 14.8. The average molecular weight is 276 g/mol. The molecule has 0 aromatic carbocycles. The molecule has 1 aromatic heterocycles. The van der Waals surface area contributed by atoms with Gasteiger partial charge in [0, 0.05) is 12.6 Å². The van der Waals surface area contributed by atoms with E-state index in [1.54, 1.807) is 6.20 Å². The highest BCUT2D eigenvalue weighted by molar-refractivity contribution is 5.92. The van der Waals surface area contributed by atoms with Crippen molar-refractivity contribution in [1.29, 1.82) is 0 Å². The van der Waals surface area contributed by atoms with E-state index in [-0.39, 0.29) is 11.9 Å². The lowest BCUT2D eigenvalue weighted by Crippen LogP contribution is -2.42. The number of aromatic nitrogens is 2. The zero-order valence-electron chi connectivity index (χ0n) is 12.4. The number of carbonyl (C=O) groups excluding carboxylic acids is 1. The number of nitrogens with zero attached hydrogens (tertiary/aromatic N) is 2. The molecule has 0 bridgehead atoms. The van der Waals surface area contributed by atoms with Crippen molar-refractivity contribution in [1.82, 2.24) is 15.3 Å². The molecule has 1 aliphatic carbocycles. The predicted molar refractivity (Wildman–Crippen MR) is 79.7 cm³/mol. The Hall–Kier alpha value is -1.65. The van der Waals surface area contributed by atoms with E-state index in [1.807, 2.05) is 6.92 Å². The molecule has 1 aromatic rings. The summed E-state index contributed by atoms with van der Waals surface area (Å²) in [7, 11) is 0. The Morgan fingerprint density at radius 1 is 1.25 bits per heavy atom. The molecule has 0 spiro atoms. The summed E-state index contributed by atoms with van der Waals surface area (Å²) in [5, 5.41) is 6.19.